The van der Waals surface area contributed by atoms with Gasteiger partial charge in [-0.15, -0.1) is 0 Å². The molecular weight excluding hydrogens is 310 g/mol. The highest BCUT2D eigenvalue weighted by Gasteiger charge is 2.45. The lowest BCUT2D eigenvalue weighted by atomic mass is 9.73. The number of H-pyrrole nitrogens is 1. The van der Waals surface area contributed by atoms with Gasteiger partial charge in [0.25, 0.3) is 0 Å². The first-order chi connectivity index (χ1) is 12.2. The van der Waals surface area contributed by atoms with Crippen molar-refractivity contribution in [3.8, 4) is 0 Å². The molecule has 1 aromatic carbocycles. The van der Waals surface area contributed by atoms with Crippen molar-refractivity contribution < 1.29 is 4.79 Å². The van der Waals surface area contributed by atoms with Gasteiger partial charge in [-0.2, -0.15) is 0 Å². The fourth-order valence-corrected chi connectivity index (χ4v) is 5.00. The van der Waals surface area contributed by atoms with Crippen LogP contribution in [0.5, 0.6) is 0 Å². The largest absolute Gasteiger partial charge is 0.361 e. The fraction of sp³-hybridized carbons (Fsp3) is 0.571. The van der Waals surface area contributed by atoms with Gasteiger partial charge < -0.3 is 9.88 Å². The molecule has 1 spiro atoms. The molecule has 132 valence electrons. The minimum Gasteiger partial charge on any atom is -0.361 e. The molecule has 1 aliphatic carbocycles. The summed E-state index contributed by atoms with van der Waals surface area (Å²) in [5, 5.41) is 1.30. The van der Waals surface area contributed by atoms with Gasteiger partial charge in [-0.05, 0) is 67.8 Å². The lowest BCUT2D eigenvalue weighted by molar-refractivity contribution is -0.140. The molecule has 1 aromatic heterocycles. The number of aromatic amines is 1. The third-order valence-electron chi connectivity index (χ3n) is 6.45. The van der Waals surface area contributed by atoms with Crippen molar-refractivity contribution in [1.82, 2.24) is 14.8 Å². The van der Waals surface area contributed by atoms with Gasteiger partial charge in [0.2, 0.25) is 5.91 Å². The van der Waals surface area contributed by atoms with Crippen molar-refractivity contribution in [2.45, 2.75) is 51.1 Å². The molecule has 1 atom stereocenters. The second kappa shape index (κ2) is 5.87. The molecule has 4 nitrogen and oxygen atoms in total. The molecule has 2 saturated heterocycles. The van der Waals surface area contributed by atoms with Gasteiger partial charge in [-0.25, -0.2) is 0 Å². The van der Waals surface area contributed by atoms with Crippen LogP contribution in [0.1, 0.15) is 44.1 Å². The first-order valence-corrected chi connectivity index (χ1v) is 9.79. The van der Waals surface area contributed by atoms with Gasteiger partial charge in [-0.1, -0.05) is 6.07 Å². The topological polar surface area (TPSA) is 39.3 Å². The molecule has 0 bridgehead atoms. The molecule has 5 rings (SSSR count). The molecule has 2 aromatic rings. The minimum atomic E-state index is 0.340. The molecule has 0 unspecified atom stereocenters. The number of fused-ring (bicyclic) bond motifs is 1. The van der Waals surface area contributed by atoms with E-state index in [1.54, 1.807) is 0 Å². The Morgan fingerprint density at radius 1 is 1.16 bits per heavy atom. The van der Waals surface area contributed by atoms with Gasteiger partial charge >= 0.3 is 0 Å². The van der Waals surface area contributed by atoms with Crippen LogP contribution in [0.25, 0.3) is 10.9 Å². The smallest absolute Gasteiger partial charge is 0.222 e. The molecule has 3 heterocycles. The van der Waals surface area contributed by atoms with Crippen LogP contribution < -0.4 is 0 Å². The Morgan fingerprint density at radius 3 is 2.96 bits per heavy atom. The van der Waals surface area contributed by atoms with Gasteiger partial charge in [0.05, 0.1) is 0 Å². The van der Waals surface area contributed by atoms with Crippen LogP contribution >= 0.6 is 0 Å². The summed E-state index contributed by atoms with van der Waals surface area (Å²) in [5.74, 6) is 0.406. The van der Waals surface area contributed by atoms with Crippen LogP contribution in [0, 0.1) is 5.41 Å². The highest BCUT2D eigenvalue weighted by Crippen LogP contribution is 2.42. The number of carbonyl (C=O) groups excluding carboxylic acids is 1. The van der Waals surface area contributed by atoms with Gasteiger partial charge in [-0.3, -0.25) is 9.69 Å². The Morgan fingerprint density at radius 2 is 2.08 bits per heavy atom. The first kappa shape index (κ1) is 15.4. The quantitative estimate of drug-likeness (QED) is 0.930. The van der Waals surface area contributed by atoms with Crippen molar-refractivity contribution in [3.05, 3.63) is 36.0 Å². The van der Waals surface area contributed by atoms with Gasteiger partial charge in [0.15, 0.2) is 0 Å². The highest BCUT2D eigenvalue weighted by atomic mass is 16.2. The highest BCUT2D eigenvalue weighted by molar-refractivity contribution is 5.80. The fourth-order valence-electron chi connectivity index (χ4n) is 5.00. The Balaban J connectivity index is 1.31. The van der Waals surface area contributed by atoms with Crippen LogP contribution in [0.2, 0.25) is 0 Å². The van der Waals surface area contributed by atoms with Crippen LogP contribution in [0.15, 0.2) is 30.5 Å². The van der Waals surface area contributed by atoms with E-state index in [1.165, 1.54) is 48.7 Å². The lowest BCUT2D eigenvalue weighted by Crippen LogP contribution is -2.54. The van der Waals surface area contributed by atoms with Crippen LogP contribution in [-0.2, 0) is 11.3 Å². The third-order valence-corrected chi connectivity index (χ3v) is 6.45. The SMILES string of the molecule is O=C1CC[C@@]2(CCCN(Cc3ccc4[nH]ccc4c3)C2)CN1C1CC1. The number of benzene rings is 1. The molecule has 0 radical (unpaired) electrons. The number of carbonyl (C=O) groups is 1. The number of piperidine rings is 2. The van der Waals surface area contributed by atoms with Crippen molar-refractivity contribution in [2.75, 3.05) is 19.6 Å². The summed E-state index contributed by atoms with van der Waals surface area (Å²) in [4.78, 5) is 20.4. The summed E-state index contributed by atoms with van der Waals surface area (Å²) in [6.45, 7) is 4.36. The number of likely N-dealkylation sites (tertiary alicyclic amines) is 2. The number of aromatic nitrogens is 1. The van der Waals surface area contributed by atoms with E-state index in [-0.39, 0.29) is 0 Å². The zero-order valence-electron chi connectivity index (χ0n) is 14.8. The maximum atomic E-state index is 12.3. The molecule has 3 fully saturated rings. The Hall–Kier alpha value is -1.81. The third kappa shape index (κ3) is 2.97. The van der Waals surface area contributed by atoms with Crippen LogP contribution in [-0.4, -0.2) is 46.4 Å². The van der Waals surface area contributed by atoms with Crippen LogP contribution in [0.4, 0.5) is 0 Å². The number of nitrogens with one attached hydrogen (secondary N) is 1. The monoisotopic (exact) mass is 337 g/mol. The molecule has 1 N–H and O–H groups in total. The number of nitrogens with zero attached hydrogens (tertiary/aromatic N) is 2. The minimum absolute atomic E-state index is 0.340. The average molecular weight is 337 g/mol. The Kier molecular flexibility index (Phi) is 3.63. The van der Waals surface area contributed by atoms with E-state index in [2.05, 4.69) is 39.0 Å². The molecular formula is C21H27N3O. The molecule has 4 heteroatoms. The Labute approximate surface area is 149 Å². The summed E-state index contributed by atoms with van der Waals surface area (Å²) >= 11 is 0. The summed E-state index contributed by atoms with van der Waals surface area (Å²) in [6, 6.07) is 9.47. The maximum Gasteiger partial charge on any atom is 0.222 e. The number of rotatable bonds is 3. The summed E-state index contributed by atoms with van der Waals surface area (Å²) in [7, 11) is 0. The molecule has 1 amide bonds. The van der Waals surface area contributed by atoms with E-state index in [4.69, 9.17) is 0 Å². The zero-order chi connectivity index (χ0) is 16.9. The predicted octanol–water partition coefficient (Wildman–Crippen LogP) is 3.53. The maximum absolute atomic E-state index is 12.3. The second-order valence-electron chi connectivity index (χ2n) is 8.47. The summed E-state index contributed by atoms with van der Waals surface area (Å²) in [5.41, 5.74) is 2.95. The van der Waals surface area contributed by atoms with Crippen molar-refractivity contribution in [2.24, 2.45) is 5.41 Å². The van der Waals surface area contributed by atoms with Crippen molar-refractivity contribution in [3.63, 3.8) is 0 Å². The van der Waals surface area contributed by atoms with Crippen molar-refractivity contribution >= 4 is 16.8 Å². The predicted molar refractivity (Wildman–Crippen MR) is 99.2 cm³/mol. The van der Waals surface area contributed by atoms with Gasteiger partial charge in [0.1, 0.15) is 0 Å². The summed E-state index contributed by atoms with van der Waals surface area (Å²) in [6.07, 6.45) is 8.86. The molecule has 1 saturated carbocycles. The number of hydrogen-bond acceptors (Lipinski definition) is 2. The van der Waals surface area contributed by atoms with Gasteiger partial charge in [0, 0.05) is 49.2 Å². The Bertz CT molecular complexity index is 793. The average Bonchev–Trinajstić information content (AvgIpc) is 3.35. The molecule has 25 heavy (non-hydrogen) atoms. The van der Waals surface area contributed by atoms with Crippen molar-refractivity contribution in [1.29, 1.82) is 0 Å². The first-order valence-electron chi connectivity index (χ1n) is 9.79. The molecule has 3 aliphatic rings. The lowest BCUT2D eigenvalue weighted by Gasteiger charge is -2.48. The molecule has 2 aliphatic heterocycles. The van der Waals surface area contributed by atoms with E-state index < -0.39 is 0 Å². The van der Waals surface area contributed by atoms with E-state index >= 15 is 0 Å². The summed E-state index contributed by atoms with van der Waals surface area (Å²) < 4.78 is 0. The van der Waals surface area contributed by atoms with E-state index in [0.29, 0.717) is 17.4 Å². The van der Waals surface area contributed by atoms with Crippen LogP contribution in [0.3, 0.4) is 0 Å². The number of amides is 1. The zero-order valence-corrected chi connectivity index (χ0v) is 14.8. The standard InChI is InChI=1S/C21H27N3O/c25-20-6-9-21(15-24(20)18-3-4-18)8-1-11-23(14-21)13-16-2-5-19-17(12-16)7-10-22-19/h2,5,7,10,12,18,22H,1,3-4,6,8-9,11,13-15H2/t21-/m1/s1. The van der Waals surface area contributed by atoms with E-state index in [9.17, 15) is 4.79 Å². The number of hydrogen-bond donors (Lipinski definition) is 1. The normalized spacial score (nSPS) is 28.2. The van der Waals surface area contributed by atoms with E-state index in [1.807, 2.05) is 6.20 Å². The van der Waals surface area contributed by atoms with E-state index in [0.717, 1.165) is 32.5 Å². The second-order valence-corrected chi connectivity index (χ2v) is 8.47.